The topological polar surface area (TPSA) is 63.8 Å². The number of nitrogens with zero attached hydrogens (tertiary/aromatic N) is 2. The van der Waals surface area contributed by atoms with Crippen LogP contribution >= 0.6 is 0 Å². The van der Waals surface area contributed by atoms with E-state index in [4.69, 9.17) is 5.73 Å². The van der Waals surface area contributed by atoms with Gasteiger partial charge in [0, 0.05) is 16.6 Å². The van der Waals surface area contributed by atoms with Crippen molar-refractivity contribution < 1.29 is 0 Å². The number of aromatic nitrogens is 2. The fourth-order valence-corrected chi connectivity index (χ4v) is 2.49. The van der Waals surface area contributed by atoms with Gasteiger partial charge >= 0.3 is 0 Å². The molecule has 2 aromatic carbocycles. The minimum atomic E-state index is 0.551. The zero-order valence-electron chi connectivity index (χ0n) is 12.0. The minimum absolute atomic E-state index is 0.551. The molecule has 0 fully saturated rings. The number of nitrogens with one attached hydrogen (secondary N) is 1. The smallest absolute Gasteiger partial charge is 0.139 e. The van der Waals surface area contributed by atoms with Crippen molar-refractivity contribution in [2.75, 3.05) is 11.1 Å². The van der Waals surface area contributed by atoms with Gasteiger partial charge in [-0.2, -0.15) is 0 Å². The number of nitrogens with two attached hydrogens (primary N) is 1. The van der Waals surface area contributed by atoms with Crippen molar-refractivity contribution in [3.05, 3.63) is 54.4 Å². The molecule has 0 bridgehead atoms. The van der Waals surface area contributed by atoms with Gasteiger partial charge in [-0.05, 0) is 17.9 Å². The van der Waals surface area contributed by atoms with E-state index in [0.29, 0.717) is 5.82 Å². The Labute approximate surface area is 124 Å². The quantitative estimate of drug-likeness (QED) is 0.759. The molecule has 1 aromatic heterocycles. The van der Waals surface area contributed by atoms with Crippen molar-refractivity contribution in [3.8, 4) is 0 Å². The average Bonchev–Trinajstić information content (AvgIpc) is 2.51. The second-order valence-electron chi connectivity index (χ2n) is 4.99. The summed E-state index contributed by atoms with van der Waals surface area (Å²) in [4.78, 5) is 8.45. The highest BCUT2D eigenvalue weighted by atomic mass is 15.0. The Kier molecular flexibility index (Phi) is 3.69. The van der Waals surface area contributed by atoms with E-state index in [1.807, 2.05) is 18.2 Å². The fourth-order valence-electron chi connectivity index (χ4n) is 2.49. The number of nitrogen functional groups attached to an aromatic ring is 1. The normalized spacial score (nSPS) is 10.7. The van der Waals surface area contributed by atoms with E-state index in [0.717, 1.165) is 29.9 Å². The Hall–Kier alpha value is -2.62. The van der Waals surface area contributed by atoms with Crippen LogP contribution in [0.2, 0.25) is 0 Å². The summed E-state index contributed by atoms with van der Waals surface area (Å²) in [6.45, 7) is 2.12. The van der Waals surface area contributed by atoms with Crippen LogP contribution in [0.25, 0.3) is 10.8 Å². The van der Waals surface area contributed by atoms with Crippen molar-refractivity contribution in [1.82, 2.24) is 9.97 Å². The van der Waals surface area contributed by atoms with Gasteiger partial charge < -0.3 is 11.1 Å². The van der Waals surface area contributed by atoms with Gasteiger partial charge in [0.15, 0.2) is 0 Å². The maximum absolute atomic E-state index is 5.98. The summed E-state index contributed by atoms with van der Waals surface area (Å²) in [5.74, 6) is 1.34. The van der Waals surface area contributed by atoms with Crippen molar-refractivity contribution in [3.63, 3.8) is 0 Å². The van der Waals surface area contributed by atoms with Crippen LogP contribution in [0.5, 0.6) is 0 Å². The number of hydrogen-bond acceptors (Lipinski definition) is 4. The number of rotatable bonds is 4. The van der Waals surface area contributed by atoms with Crippen LogP contribution < -0.4 is 11.1 Å². The highest BCUT2D eigenvalue weighted by molar-refractivity contribution is 5.95. The highest BCUT2D eigenvalue weighted by Crippen LogP contribution is 2.28. The predicted molar refractivity (Wildman–Crippen MR) is 87.7 cm³/mol. The van der Waals surface area contributed by atoms with Gasteiger partial charge in [0.05, 0.1) is 0 Å². The largest absolute Gasteiger partial charge is 0.383 e. The standard InChI is InChI=1S/C17H18N4/c1-2-6-14-16(18)19-11-20-17(14)21-15-10-5-8-12-7-3-4-9-13(12)15/h3-5,7-11H,2,6H2,1H3,(H3,18,19,20,21). The average molecular weight is 278 g/mol. The van der Waals surface area contributed by atoms with E-state index < -0.39 is 0 Å². The maximum Gasteiger partial charge on any atom is 0.139 e. The van der Waals surface area contributed by atoms with Crippen molar-refractivity contribution in [1.29, 1.82) is 0 Å². The zero-order valence-corrected chi connectivity index (χ0v) is 12.0. The first-order chi connectivity index (χ1) is 10.3. The maximum atomic E-state index is 5.98. The third-order valence-electron chi connectivity index (χ3n) is 3.52. The van der Waals surface area contributed by atoms with E-state index in [-0.39, 0.29) is 0 Å². The summed E-state index contributed by atoms with van der Waals surface area (Å²) >= 11 is 0. The number of fused-ring (bicyclic) bond motifs is 1. The van der Waals surface area contributed by atoms with Crippen LogP contribution in [-0.4, -0.2) is 9.97 Å². The van der Waals surface area contributed by atoms with Crippen LogP contribution in [0.1, 0.15) is 18.9 Å². The third kappa shape index (κ3) is 2.65. The van der Waals surface area contributed by atoms with E-state index >= 15 is 0 Å². The molecule has 106 valence electrons. The van der Waals surface area contributed by atoms with Gasteiger partial charge in [-0.25, -0.2) is 9.97 Å². The Morgan fingerprint density at radius 2 is 1.86 bits per heavy atom. The van der Waals surface area contributed by atoms with Gasteiger partial charge in [0.2, 0.25) is 0 Å². The predicted octanol–water partition coefficient (Wildman–Crippen LogP) is 3.91. The van der Waals surface area contributed by atoms with Crippen LogP contribution in [-0.2, 0) is 6.42 Å². The molecule has 21 heavy (non-hydrogen) atoms. The first-order valence-electron chi connectivity index (χ1n) is 7.13. The molecule has 0 amide bonds. The Morgan fingerprint density at radius 1 is 1.05 bits per heavy atom. The van der Waals surface area contributed by atoms with Crippen molar-refractivity contribution >= 4 is 28.1 Å². The van der Waals surface area contributed by atoms with Gasteiger partial charge in [-0.3, -0.25) is 0 Å². The summed E-state index contributed by atoms with van der Waals surface area (Å²) in [7, 11) is 0. The summed E-state index contributed by atoms with van der Waals surface area (Å²) in [5, 5.41) is 5.77. The van der Waals surface area contributed by atoms with E-state index in [2.05, 4.69) is 46.5 Å². The van der Waals surface area contributed by atoms with Crippen molar-refractivity contribution in [2.24, 2.45) is 0 Å². The Bertz CT molecular complexity index is 762. The monoisotopic (exact) mass is 278 g/mol. The molecule has 0 saturated carbocycles. The second kappa shape index (κ2) is 5.79. The second-order valence-corrected chi connectivity index (χ2v) is 4.99. The van der Waals surface area contributed by atoms with Crippen LogP contribution in [0.4, 0.5) is 17.3 Å². The van der Waals surface area contributed by atoms with E-state index in [9.17, 15) is 0 Å². The third-order valence-corrected chi connectivity index (χ3v) is 3.52. The molecular weight excluding hydrogens is 260 g/mol. The number of benzene rings is 2. The van der Waals surface area contributed by atoms with Crippen LogP contribution in [0.15, 0.2) is 48.8 Å². The summed E-state index contributed by atoms with van der Waals surface area (Å²) in [5.41, 5.74) is 7.99. The molecule has 0 aliphatic rings. The van der Waals surface area contributed by atoms with Gasteiger partial charge in [-0.1, -0.05) is 49.7 Å². The lowest BCUT2D eigenvalue weighted by Gasteiger charge is -2.13. The number of hydrogen-bond donors (Lipinski definition) is 2. The minimum Gasteiger partial charge on any atom is -0.383 e. The highest BCUT2D eigenvalue weighted by Gasteiger charge is 2.09. The molecule has 3 N–H and O–H groups in total. The molecule has 0 spiro atoms. The molecule has 0 radical (unpaired) electrons. The number of anilines is 3. The van der Waals surface area contributed by atoms with Gasteiger partial charge in [0.25, 0.3) is 0 Å². The molecule has 4 heteroatoms. The van der Waals surface area contributed by atoms with Crippen molar-refractivity contribution in [2.45, 2.75) is 19.8 Å². The van der Waals surface area contributed by atoms with Gasteiger partial charge in [-0.15, -0.1) is 0 Å². The molecule has 0 aliphatic heterocycles. The molecule has 1 heterocycles. The van der Waals surface area contributed by atoms with E-state index in [1.165, 1.54) is 17.1 Å². The lowest BCUT2D eigenvalue weighted by molar-refractivity contribution is 0.908. The summed E-state index contributed by atoms with van der Waals surface area (Å²) in [6, 6.07) is 14.5. The zero-order chi connectivity index (χ0) is 14.7. The molecule has 3 aromatic rings. The van der Waals surface area contributed by atoms with E-state index in [1.54, 1.807) is 0 Å². The molecule has 0 saturated heterocycles. The molecule has 0 aliphatic carbocycles. The van der Waals surface area contributed by atoms with Crippen LogP contribution in [0, 0.1) is 0 Å². The molecule has 0 unspecified atom stereocenters. The molecular formula is C17H18N4. The summed E-state index contributed by atoms with van der Waals surface area (Å²) in [6.07, 6.45) is 3.36. The SMILES string of the molecule is CCCc1c(N)ncnc1Nc1cccc2ccccc12. The first kappa shape index (κ1) is 13.4. The van der Waals surface area contributed by atoms with Gasteiger partial charge in [0.1, 0.15) is 18.0 Å². The first-order valence-corrected chi connectivity index (χ1v) is 7.13. The molecule has 0 atom stereocenters. The summed E-state index contributed by atoms with van der Waals surface area (Å²) < 4.78 is 0. The fraction of sp³-hybridized carbons (Fsp3) is 0.176. The lowest BCUT2D eigenvalue weighted by atomic mass is 10.1. The Balaban J connectivity index is 2.05. The Morgan fingerprint density at radius 3 is 2.71 bits per heavy atom. The molecule has 3 rings (SSSR count). The molecule has 4 nitrogen and oxygen atoms in total. The lowest BCUT2D eigenvalue weighted by Crippen LogP contribution is -2.05. The van der Waals surface area contributed by atoms with Crippen LogP contribution in [0.3, 0.4) is 0 Å².